The fourth-order valence-corrected chi connectivity index (χ4v) is 7.52. The molecule has 0 aliphatic carbocycles. The number of para-hydroxylation sites is 1. The Kier molecular flexibility index (Phi) is 8.47. The first kappa shape index (κ1) is 33.0. The van der Waals surface area contributed by atoms with Crippen LogP contribution in [-0.4, -0.2) is 9.97 Å². The largest absolute Gasteiger partial charge is 0.456 e. The molecule has 8 aromatic carbocycles. The second-order valence-corrected chi connectivity index (χ2v) is 13.8. The van der Waals surface area contributed by atoms with Crippen molar-refractivity contribution in [3.63, 3.8) is 0 Å². The highest BCUT2D eigenvalue weighted by molar-refractivity contribution is 6.14. The van der Waals surface area contributed by atoms with E-state index in [4.69, 9.17) is 14.4 Å². The molecule has 0 aliphatic rings. The fourth-order valence-electron chi connectivity index (χ4n) is 7.52. The first-order valence-corrected chi connectivity index (χ1v) is 18.8. The van der Waals surface area contributed by atoms with Gasteiger partial charge in [-0.2, -0.15) is 0 Å². The van der Waals surface area contributed by atoms with E-state index in [2.05, 4.69) is 181 Å². The van der Waals surface area contributed by atoms with Gasteiger partial charge < -0.3 is 9.32 Å². The van der Waals surface area contributed by atoms with Crippen molar-refractivity contribution in [3.8, 4) is 56.2 Å². The molecule has 10 aromatic rings. The number of rotatable bonds is 8. The van der Waals surface area contributed by atoms with Crippen LogP contribution in [0.15, 0.2) is 217 Å². The van der Waals surface area contributed by atoms with Crippen LogP contribution in [0.5, 0.6) is 0 Å². The second-order valence-electron chi connectivity index (χ2n) is 13.8. The SMILES string of the molecule is c1ccc(-c2ccc(-c3cc(-c4ccccc4)nc(-c4ccc5c(c4)oc4cccc(N(c6ccccc6)c6ccc(-c7ccccc7)cc6)c45)n3)cc2)cc1. The minimum Gasteiger partial charge on any atom is -0.456 e. The van der Waals surface area contributed by atoms with E-state index in [1.807, 2.05) is 36.4 Å². The number of aromatic nitrogens is 2. The van der Waals surface area contributed by atoms with Gasteiger partial charge in [-0.15, -0.1) is 0 Å². The molecule has 4 heteroatoms. The van der Waals surface area contributed by atoms with Crippen LogP contribution in [0.25, 0.3) is 78.1 Å². The van der Waals surface area contributed by atoms with Crippen molar-refractivity contribution < 1.29 is 4.42 Å². The summed E-state index contributed by atoms with van der Waals surface area (Å²) in [5.41, 5.74) is 14.1. The van der Waals surface area contributed by atoms with Crippen LogP contribution in [0.2, 0.25) is 0 Å². The number of hydrogen-bond acceptors (Lipinski definition) is 4. The fraction of sp³-hybridized carbons (Fsp3) is 0. The second kappa shape index (κ2) is 14.3. The summed E-state index contributed by atoms with van der Waals surface area (Å²) in [5, 5.41) is 2.07. The number of furan rings is 1. The Morgan fingerprint density at radius 1 is 0.339 bits per heavy atom. The van der Waals surface area contributed by atoms with Gasteiger partial charge in [0.1, 0.15) is 11.2 Å². The quantitative estimate of drug-likeness (QED) is 0.157. The van der Waals surface area contributed by atoms with Gasteiger partial charge in [0.15, 0.2) is 5.82 Å². The molecule has 10 rings (SSSR count). The predicted octanol–water partition coefficient (Wildman–Crippen LogP) is 14.2. The molecule has 0 amide bonds. The lowest BCUT2D eigenvalue weighted by molar-refractivity contribution is 0.669. The maximum atomic E-state index is 6.66. The van der Waals surface area contributed by atoms with Crippen molar-refractivity contribution in [2.45, 2.75) is 0 Å². The average molecular weight is 718 g/mol. The summed E-state index contributed by atoms with van der Waals surface area (Å²) in [4.78, 5) is 12.6. The molecule has 0 unspecified atom stereocenters. The van der Waals surface area contributed by atoms with Crippen molar-refractivity contribution >= 4 is 39.0 Å². The normalized spacial score (nSPS) is 11.2. The van der Waals surface area contributed by atoms with Gasteiger partial charge in [-0.1, -0.05) is 158 Å². The maximum Gasteiger partial charge on any atom is 0.160 e. The lowest BCUT2D eigenvalue weighted by Gasteiger charge is -2.26. The van der Waals surface area contributed by atoms with E-state index in [-0.39, 0.29) is 0 Å². The van der Waals surface area contributed by atoms with Crippen LogP contribution in [0.1, 0.15) is 0 Å². The number of fused-ring (bicyclic) bond motifs is 3. The summed E-state index contributed by atoms with van der Waals surface area (Å²) >= 11 is 0. The Morgan fingerprint density at radius 2 is 0.804 bits per heavy atom. The molecule has 0 spiro atoms. The monoisotopic (exact) mass is 717 g/mol. The van der Waals surface area contributed by atoms with E-state index in [0.29, 0.717) is 5.82 Å². The topological polar surface area (TPSA) is 42.2 Å². The van der Waals surface area contributed by atoms with Gasteiger partial charge in [-0.3, -0.25) is 0 Å². The summed E-state index contributed by atoms with van der Waals surface area (Å²) in [6, 6.07) is 73.8. The smallest absolute Gasteiger partial charge is 0.160 e. The lowest BCUT2D eigenvalue weighted by atomic mass is 10.0. The van der Waals surface area contributed by atoms with E-state index in [1.54, 1.807) is 0 Å². The summed E-state index contributed by atoms with van der Waals surface area (Å²) in [5.74, 6) is 0.639. The summed E-state index contributed by atoms with van der Waals surface area (Å²) in [6.45, 7) is 0. The lowest BCUT2D eigenvalue weighted by Crippen LogP contribution is -2.10. The molecule has 0 radical (unpaired) electrons. The van der Waals surface area contributed by atoms with Crippen molar-refractivity contribution in [1.29, 1.82) is 0 Å². The third-order valence-electron chi connectivity index (χ3n) is 10.3. The molecular weight excluding hydrogens is 683 g/mol. The zero-order valence-electron chi connectivity index (χ0n) is 30.5. The van der Waals surface area contributed by atoms with Crippen molar-refractivity contribution in [2.24, 2.45) is 0 Å². The predicted molar refractivity (Wildman–Crippen MR) is 231 cm³/mol. The molecular formula is C52H35N3O. The third kappa shape index (κ3) is 6.29. The molecule has 0 aliphatic heterocycles. The van der Waals surface area contributed by atoms with Crippen LogP contribution in [0, 0.1) is 0 Å². The minimum absolute atomic E-state index is 0.639. The van der Waals surface area contributed by atoms with Crippen LogP contribution in [0.4, 0.5) is 17.1 Å². The molecule has 0 bridgehead atoms. The first-order valence-electron chi connectivity index (χ1n) is 18.8. The number of anilines is 3. The van der Waals surface area contributed by atoms with Crippen LogP contribution >= 0.6 is 0 Å². The Morgan fingerprint density at radius 3 is 1.41 bits per heavy atom. The Bertz CT molecular complexity index is 2920. The number of benzene rings is 8. The van der Waals surface area contributed by atoms with Crippen LogP contribution in [-0.2, 0) is 0 Å². The Balaban J connectivity index is 1.08. The first-order chi connectivity index (χ1) is 27.7. The highest BCUT2D eigenvalue weighted by atomic mass is 16.3. The van der Waals surface area contributed by atoms with Gasteiger partial charge in [0.2, 0.25) is 0 Å². The molecule has 0 N–H and O–H groups in total. The molecule has 4 nitrogen and oxygen atoms in total. The molecule has 264 valence electrons. The molecule has 2 heterocycles. The van der Waals surface area contributed by atoms with Crippen LogP contribution < -0.4 is 4.90 Å². The molecule has 0 saturated heterocycles. The number of hydrogen-bond donors (Lipinski definition) is 0. The third-order valence-corrected chi connectivity index (χ3v) is 10.3. The zero-order valence-corrected chi connectivity index (χ0v) is 30.5. The molecule has 0 fully saturated rings. The summed E-state index contributed by atoms with van der Waals surface area (Å²) in [6.07, 6.45) is 0. The molecule has 56 heavy (non-hydrogen) atoms. The van der Waals surface area contributed by atoms with Gasteiger partial charge >= 0.3 is 0 Å². The minimum atomic E-state index is 0.639. The molecule has 0 atom stereocenters. The van der Waals surface area contributed by atoms with E-state index in [9.17, 15) is 0 Å². The van der Waals surface area contributed by atoms with Gasteiger partial charge in [-0.25, -0.2) is 9.97 Å². The van der Waals surface area contributed by atoms with E-state index < -0.39 is 0 Å². The van der Waals surface area contributed by atoms with Gasteiger partial charge in [0, 0.05) is 33.5 Å². The Labute approximate surface area is 325 Å². The average Bonchev–Trinajstić information content (AvgIpc) is 3.67. The van der Waals surface area contributed by atoms with E-state index in [1.165, 1.54) is 16.7 Å². The summed E-state index contributed by atoms with van der Waals surface area (Å²) in [7, 11) is 0. The molecule has 0 saturated carbocycles. The van der Waals surface area contributed by atoms with Crippen LogP contribution in [0.3, 0.4) is 0 Å². The van der Waals surface area contributed by atoms with Crippen molar-refractivity contribution in [1.82, 2.24) is 9.97 Å². The molecule has 2 aromatic heterocycles. The van der Waals surface area contributed by atoms with Crippen molar-refractivity contribution in [3.05, 3.63) is 212 Å². The Hall–Kier alpha value is -7.56. The summed E-state index contributed by atoms with van der Waals surface area (Å²) < 4.78 is 6.66. The van der Waals surface area contributed by atoms with Gasteiger partial charge in [0.05, 0.1) is 22.5 Å². The standard InChI is InChI=1S/C52H35N3O/c1-5-14-36(15-6-1)38-24-26-41(27-25-38)47-35-46(40-18-9-3-10-19-40)53-52(54-47)42-30-33-45-50(34-42)56-49-23-13-22-48(51(45)49)55(43-20-11-4-12-21-43)44-31-28-39(29-32-44)37-16-7-2-8-17-37/h1-35H. The van der Waals surface area contributed by atoms with E-state index >= 15 is 0 Å². The van der Waals surface area contributed by atoms with Crippen molar-refractivity contribution in [2.75, 3.05) is 4.90 Å². The van der Waals surface area contributed by atoms with Gasteiger partial charge in [-0.05, 0) is 76.9 Å². The highest BCUT2D eigenvalue weighted by Gasteiger charge is 2.20. The number of nitrogens with zero attached hydrogens (tertiary/aromatic N) is 3. The van der Waals surface area contributed by atoms with E-state index in [0.717, 1.165) is 72.6 Å². The zero-order chi connectivity index (χ0) is 37.3. The highest BCUT2D eigenvalue weighted by Crippen LogP contribution is 2.44. The maximum absolute atomic E-state index is 6.66. The van der Waals surface area contributed by atoms with Gasteiger partial charge in [0.25, 0.3) is 0 Å².